The van der Waals surface area contributed by atoms with E-state index in [0.29, 0.717) is 23.7 Å². The summed E-state index contributed by atoms with van der Waals surface area (Å²) in [6.45, 7) is 2.39. The maximum Gasteiger partial charge on any atom is 0.323 e. The largest absolute Gasteiger partial charge is 0.480 e. The maximum absolute atomic E-state index is 12.4. The second kappa shape index (κ2) is 7.26. The molecule has 6 heteroatoms. The molecular formula is C14H19ClN2O3. The average Bonchev–Trinajstić information content (AvgIpc) is 2.36. The van der Waals surface area contributed by atoms with Gasteiger partial charge in [0.1, 0.15) is 6.54 Å². The van der Waals surface area contributed by atoms with E-state index in [4.69, 9.17) is 16.7 Å². The number of carbonyl (C=O) groups is 2. The molecule has 0 aliphatic rings. The number of benzene rings is 1. The molecule has 1 N–H and O–H groups in total. The van der Waals surface area contributed by atoms with E-state index in [-0.39, 0.29) is 12.5 Å². The second-order valence-electron chi connectivity index (χ2n) is 4.86. The third-order valence-corrected chi connectivity index (χ3v) is 3.35. The molecular weight excluding hydrogens is 280 g/mol. The van der Waals surface area contributed by atoms with E-state index >= 15 is 0 Å². The summed E-state index contributed by atoms with van der Waals surface area (Å²) in [5, 5.41) is 9.30. The summed E-state index contributed by atoms with van der Waals surface area (Å²) in [6.07, 6.45) is 0. The van der Waals surface area contributed by atoms with Crippen LogP contribution in [0.15, 0.2) is 18.2 Å². The first-order chi connectivity index (χ1) is 9.32. The van der Waals surface area contributed by atoms with Gasteiger partial charge in [0.25, 0.3) is 5.91 Å². The summed E-state index contributed by atoms with van der Waals surface area (Å²) in [5.41, 5.74) is 1.13. The first-order valence-corrected chi connectivity index (χ1v) is 6.61. The zero-order valence-corrected chi connectivity index (χ0v) is 12.6. The van der Waals surface area contributed by atoms with E-state index in [1.54, 1.807) is 25.1 Å². The van der Waals surface area contributed by atoms with E-state index in [1.165, 1.54) is 4.90 Å². The first kappa shape index (κ1) is 16.5. The standard InChI is InChI=1S/C14H19ClN2O3/c1-10-5-4-6-11(13(10)15)14(20)17(9-12(18)19)8-7-16(2)3/h4-6H,7-9H2,1-3H3,(H,18,19). The lowest BCUT2D eigenvalue weighted by Crippen LogP contribution is -2.40. The third kappa shape index (κ3) is 4.51. The molecule has 0 radical (unpaired) electrons. The Kier molecular flexibility index (Phi) is 5.98. The van der Waals surface area contributed by atoms with Gasteiger partial charge >= 0.3 is 5.97 Å². The van der Waals surface area contributed by atoms with Crippen LogP contribution in [0.4, 0.5) is 0 Å². The molecule has 0 atom stereocenters. The number of amides is 1. The highest BCUT2D eigenvalue weighted by atomic mass is 35.5. The van der Waals surface area contributed by atoms with Gasteiger partial charge in [0, 0.05) is 13.1 Å². The van der Waals surface area contributed by atoms with Crippen LogP contribution in [0.25, 0.3) is 0 Å². The molecule has 0 saturated carbocycles. The summed E-state index contributed by atoms with van der Waals surface area (Å²) in [6, 6.07) is 5.15. The van der Waals surface area contributed by atoms with Gasteiger partial charge in [-0.3, -0.25) is 9.59 Å². The van der Waals surface area contributed by atoms with Crippen LogP contribution in [0.1, 0.15) is 15.9 Å². The van der Waals surface area contributed by atoms with E-state index in [0.717, 1.165) is 5.56 Å². The van der Waals surface area contributed by atoms with E-state index in [2.05, 4.69) is 0 Å². The lowest BCUT2D eigenvalue weighted by Gasteiger charge is -2.23. The number of nitrogens with zero attached hydrogens (tertiary/aromatic N) is 2. The van der Waals surface area contributed by atoms with Gasteiger partial charge in [0.15, 0.2) is 0 Å². The molecule has 5 nitrogen and oxygen atoms in total. The van der Waals surface area contributed by atoms with Gasteiger partial charge < -0.3 is 14.9 Å². The smallest absolute Gasteiger partial charge is 0.323 e. The minimum atomic E-state index is -1.04. The van der Waals surface area contributed by atoms with E-state index in [1.807, 2.05) is 19.0 Å². The molecule has 1 rings (SSSR count). The zero-order valence-electron chi connectivity index (χ0n) is 11.9. The molecule has 0 saturated heterocycles. The van der Waals surface area contributed by atoms with Crippen molar-refractivity contribution < 1.29 is 14.7 Å². The quantitative estimate of drug-likeness (QED) is 0.869. The Morgan fingerprint density at radius 1 is 1.25 bits per heavy atom. The van der Waals surface area contributed by atoms with Crippen molar-refractivity contribution in [3.05, 3.63) is 34.3 Å². The van der Waals surface area contributed by atoms with Crippen molar-refractivity contribution in [2.75, 3.05) is 33.7 Å². The molecule has 0 spiro atoms. The number of aliphatic carboxylic acids is 1. The second-order valence-corrected chi connectivity index (χ2v) is 5.24. The normalized spacial score (nSPS) is 10.7. The molecule has 1 amide bonds. The number of hydrogen-bond donors (Lipinski definition) is 1. The van der Waals surface area contributed by atoms with Crippen molar-refractivity contribution in [3.63, 3.8) is 0 Å². The van der Waals surface area contributed by atoms with Crippen molar-refractivity contribution in [1.82, 2.24) is 9.80 Å². The van der Waals surface area contributed by atoms with Gasteiger partial charge in [-0.1, -0.05) is 23.7 Å². The topological polar surface area (TPSA) is 60.9 Å². The molecule has 0 unspecified atom stereocenters. The van der Waals surface area contributed by atoms with Crippen LogP contribution in [-0.4, -0.2) is 60.5 Å². The summed E-state index contributed by atoms with van der Waals surface area (Å²) < 4.78 is 0. The summed E-state index contributed by atoms with van der Waals surface area (Å²) in [5.74, 6) is -1.40. The Morgan fingerprint density at radius 3 is 2.45 bits per heavy atom. The number of carbonyl (C=O) groups excluding carboxylic acids is 1. The highest BCUT2D eigenvalue weighted by Crippen LogP contribution is 2.21. The maximum atomic E-state index is 12.4. The van der Waals surface area contributed by atoms with Crippen LogP contribution in [0, 0.1) is 6.92 Å². The van der Waals surface area contributed by atoms with Crippen molar-refractivity contribution in [1.29, 1.82) is 0 Å². The Labute approximate surface area is 123 Å². The number of aryl methyl sites for hydroxylation is 1. The number of hydrogen-bond acceptors (Lipinski definition) is 3. The molecule has 20 heavy (non-hydrogen) atoms. The first-order valence-electron chi connectivity index (χ1n) is 6.24. The van der Waals surface area contributed by atoms with Crippen LogP contribution in [0.5, 0.6) is 0 Å². The SMILES string of the molecule is Cc1cccc(C(=O)N(CCN(C)C)CC(=O)O)c1Cl. The molecule has 0 fully saturated rings. The zero-order chi connectivity index (χ0) is 15.3. The lowest BCUT2D eigenvalue weighted by molar-refractivity contribution is -0.137. The molecule has 0 heterocycles. The van der Waals surface area contributed by atoms with Crippen LogP contribution < -0.4 is 0 Å². The fourth-order valence-electron chi connectivity index (χ4n) is 1.72. The minimum Gasteiger partial charge on any atom is -0.480 e. The average molecular weight is 299 g/mol. The van der Waals surface area contributed by atoms with Crippen molar-refractivity contribution in [2.24, 2.45) is 0 Å². The molecule has 0 aliphatic heterocycles. The monoisotopic (exact) mass is 298 g/mol. The third-order valence-electron chi connectivity index (χ3n) is 2.85. The predicted molar refractivity (Wildman–Crippen MR) is 78.3 cm³/mol. The Hall–Kier alpha value is -1.59. The predicted octanol–water partition coefficient (Wildman–Crippen LogP) is 1.74. The van der Waals surface area contributed by atoms with Gasteiger partial charge in [-0.25, -0.2) is 0 Å². The Morgan fingerprint density at radius 2 is 1.90 bits per heavy atom. The van der Waals surface area contributed by atoms with Crippen LogP contribution in [0.2, 0.25) is 5.02 Å². The number of rotatable bonds is 6. The summed E-state index contributed by atoms with van der Waals surface area (Å²) in [4.78, 5) is 26.5. The highest BCUT2D eigenvalue weighted by molar-refractivity contribution is 6.34. The van der Waals surface area contributed by atoms with E-state index < -0.39 is 5.97 Å². The molecule has 0 aromatic heterocycles. The minimum absolute atomic E-state index is 0.336. The number of halogens is 1. The van der Waals surface area contributed by atoms with Gasteiger partial charge in [-0.05, 0) is 32.6 Å². The fourth-order valence-corrected chi connectivity index (χ4v) is 1.93. The lowest BCUT2D eigenvalue weighted by atomic mass is 10.1. The van der Waals surface area contributed by atoms with Gasteiger partial charge in [-0.2, -0.15) is 0 Å². The Bertz CT molecular complexity index is 503. The Balaban J connectivity index is 2.97. The van der Waals surface area contributed by atoms with Gasteiger partial charge in [-0.15, -0.1) is 0 Å². The van der Waals surface area contributed by atoms with Crippen LogP contribution >= 0.6 is 11.6 Å². The van der Waals surface area contributed by atoms with Gasteiger partial charge in [0.2, 0.25) is 0 Å². The number of carboxylic acid groups (broad SMARTS) is 1. The summed E-state index contributed by atoms with van der Waals surface area (Å²) >= 11 is 6.13. The number of likely N-dealkylation sites (N-methyl/N-ethyl adjacent to an activating group) is 1. The fraction of sp³-hybridized carbons (Fsp3) is 0.429. The molecule has 0 bridgehead atoms. The van der Waals surface area contributed by atoms with Crippen molar-refractivity contribution in [3.8, 4) is 0 Å². The van der Waals surface area contributed by atoms with Crippen LogP contribution in [-0.2, 0) is 4.79 Å². The van der Waals surface area contributed by atoms with Crippen molar-refractivity contribution in [2.45, 2.75) is 6.92 Å². The molecule has 1 aromatic carbocycles. The van der Waals surface area contributed by atoms with E-state index in [9.17, 15) is 9.59 Å². The van der Waals surface area contributed by atoms with Crippen LogP contribution in [0.3, 0.4) is 0 Å². The molecule has 110 valence electrons. The summed E-state index contributed by atoms with van der Waals surface area (Å²) in [7, 11) is 3.73. The number of carboxylic acids is 1. The highest BCUT2D eigenvalue weighted by Gasteiger charge is 2.21. The van der Waals surface area contributed by atoms with Crippen molar-refractivity contribution >= 4 is 23.5 Å². The molecule has 0 aliphatic carbocycles. The molecule has 1 aromatic rings. The van der Waals surface area contributed by atoms with Gasteiger partial charge in [0.05, 0.1) is 10.6 Å².